The molecule has 2 atom stereocenters. The number of carbonyl (C=O) groups is 2. The van der Waals surface area contributed by atoms with Gasteiger partial charge in [0.15, 0.2) is 9.84 Å². The highest BCUT2D eigenvalue weighted by Gasteiger charge is 2.40. The Labute approximate surface area is 173 Å². The Morgan fingerprint density at radius 1 is 1.27 bits per heavy atom. The van der Waals surface area contributed by atoms with Crippen molar-refractivity contribution >= 4 is 37.6 Å². The minimum Gasteiger partial charge on any atom is -0.481 e. The molecule has 2 rings (SSSR count). The first kappa shape index (κ1) is 23.7. The molecule has 0 radical (unpaired) electrons. The summed E-state index contributed by atoms with van der Waals surface area (Å²) in [4.78, 5) is 34.1. The number of rotatable bonds is 8. The van der Waals surface area contributed by atoms with E-state index in [9.17, 15) is 36.4 Å². The van der Waals surface area contributed by atoms with Gasteiger partial charge in [-0.15, -0.1) is 4.91 Å². The number of nitrogens with zero attached hydrogens (tertiary/aromatic N) is 2. The number of nitrogens with one attached hydrogen (secondary N) is 1. The minimum atomic E-state index is -4.19. The van der Waals surface area contributed by atoms with Crippen LogP contribution >= 0.6 is 0 Å². The smallest absolute Gasteiger partial charge is 0.407 e. The lowest BCUT2D eigenvalue weighted by Gasteiger charge is -2.35. The van der Waals surface area contributed by atoms with Crippen molar-refractivity contribution in [1.82, 2.24) is 9.62 Å². The Bertz CT molecular complexity index is 1020. The second kappa shape index (κ2) is 9.49. The fourth-order valence-electron chi connectivity index (χ4n) is 2.93. The van der Waals surface area contributed by atoms with Crippen molar-refractivity contribution in [3.8, 4) is 0 Å². The number of sulfonamides is 1. The second-order valence-electron chi connectivity index (χ2n) is 6.67. The minimum absolute atomic E-state index is 0.0337. The maximum absolute atomic E-state index is 12.9. The molecular weight excluding hydrogens is 442 g/mol. The first-order valence-corrected chi connectivity index (χ1v) is 12.2. The molecule has 1 aliphatic heterocycles. The van der Waals surface area contributed by atoms with E-state index in [-0.39, 0.29) is 29.3 Å². The van der Waals surface area contributed by atoms with Crippen LogP contribution in [-0.2, 0) is 29.4 Å². The number of aliphatic carboxylic acids is 1. The quantitative estimate of drug-likeness (QED) is 0.514. The maximum atomic E-state index is 12.9. The lowest BCUT2D eigenvalue weighted by Crippen LogP contribution is -2.54. The van der Waals surface area contributed by atoms with E-state index in [1.54, 1.807) is 0 Å². The van der Waals surface area contributed by atoms with Gasteiger partial charge >= 0.3 is 12.1 Å². The van der Waals surface area contributed by atoms with Crippen LogP contribution in [0.25, 0.3) is 0 Å². The number of sulfone groups is 1. The summed E-state index contributed by atoms with van der Waals surface area (Å²) in [6.45, 7) is -0.960. The second-order valence-corrected chi connectivity index (χ2v) is 10.8. The number of hydrogen-bond acceptors (Lipinski definition) is 9. The van der Waals surface area contributed by atoms with Crippen molar-refractivity contribution in [2.45, 2.75) is 17.4 Å². The van der Waals surface area contributed by atoms with Gasteiger partial charge < -0.3 is 15.2 Å². The average molecular weight is 463 g/mol. The molecule has 1 fully saturated rings. The van der Waals surface area contributed by atoms with Crippen LogP contribution in [0.4, 0.5) is 10.5 Å². The number of carboxylic acids is 1. The summed E-state index contributed by atoms with van der Waals surface area (Å²) in [5, 5.41) is 14.5. The zero-order chi connectivity index (χ0) is 22.5. The lowest BCUT2D eigenvalue weighted by molar-refractivity contribution is -0.143. The summed E-state index contributed by atoms with van der Waals surface area (Å²) in [6.07, 6.45) is -0.0567. The first-order chi connectivity index (χ1) is 14.0. The summed E-state index contributed by atoms with van der Waals surface area (Å²) in [7, 11) is -7.52. The number of carbonyl (C=O) groups excluding carboxylic acids is 1. The number of alkyl carbamates (subject to hydrolysis) is 1. The van der Waals surface area contributed by atoms with Crippen LogP contribution in [0.5, 0.6) is 0 Å². The van der Waals surface area contributed by atoms with Crippen LogP contribution in [0.3, 0.4) is 0 Å². The van der Waals surface area contributed by atoms with Crippen molar-refractivity contribution < 1.29 is 36.3 Å². The van der Waals surface area contributed by atoms with Crippen LogP contribution in [0.1, 0.15) is 6.42 Å². The lowest BCUT2D eigenvalue weighted by atomic mass is 9.93. The molecule has 0 aliphatic carbocycles. The molecule has 0 saturated carbocycles. The molecule has 0 unspecified atom stereocenters. The number of benzene rings is 1. The van der Waals surface area contributed by atoms with Crippen molar-refractivity contribution in [3.63, 3.8) is 0 Å². The predicted octanol–water partition coefficient (Wildman–Crippen LogP) is 0.319. The van der Waals surface area contributed by atoms with Crippen molar-refractivity contribution in [2.24, 2.45) is 11.1 Å². The van der Waals surface area contributed by atoms with Gasteiger partial charge in [0.25, 0.3) is 0 Å². The third kappa shape index (κ3) is 5.96. The summed E-state index contributed by atoms with van der Waals surface area (Å²) in [6, 6.07) is 4.36. The number of piperidine rings is 1. The van der Waals surface area contributed by atoms with Gasteiger partial charge in [-0.3, -0.25) is 4.79 Å². The molecule has 12 nitrogen and oxygen atoms in total. The van der Waals surface area contributed by atoms with Crippen LogP contribution in [0.2, 0.25) is 0 Å². The van der Waals surface area contributed by atoms with E-state index in [1.165, 1.54) is 24.3 Å². The van der Waals surface area contributed by atoms with Gasteiger partial charge in [0, 0.05) is 25.4 Å². The number of hydrogen-bond donors (Lipinski definition) is 2. The summed E-state index contributed by atoms with van der Waals surface area (Å²) < 4.78 is 53.5. The Kier molecular flexibility index (Phi) is 7.49. The molecule has 2 N–H and O–H groups in total. The zero-order valence-electron chi connectivity index (χ0n) is 15.9. The number of nitroso groups, excluding NO2 is 1. The van der Waals surface area contributed by atoms with E-state index < -0.39 is 57.0 Å². The highest BCUT2D eigenvalue weighted by molar-refractivity contribution is 7.90. The Balaban J connectivity index is 2.10. The van der Waals surface area contributed by atoms with Crippen molar-refractivity contribution in [2.75, 3.05) is 31.7 Å². The van der Waals surface area contributed by atoms with E-state index in [4.69, 9.17) is 4.74 Å². The molecule has 1 aliphatic rings. The van der Waals surface area contributed by atoms with Crippen LogP contribution in [0.15, 0.2) is 34.3 Å². The molecule has 1 amide bonds. The fraction of sp³-hybridized carbons (Fsp3) is 0.500. The van der Waals surface area contributed by atoms with Crippen molar-refractivity contribution in [1.29, 1.82) is 0 Å². The molecule has 166 valence electrons. The average Bonchev–Trinajstić information content (AvgIpc) is 2.66. The number of carboxylic acid groups (broad SMARTS) is 1. The number of amides is 1. The molecule has 14 heteroatoms. The molecule has 30 heavy (non-hydrogen) atoms. The highest BCUT2D eigenvalue weighted by Crippen LogP contribution is 2.30. The third-order valence-corrected chi connectivity index (χ3v) is 7.29. The predicted molar refractivity (Wildman–Crippen MR) is 104 cm³/mol. The van der Waals surface area contributed by atoms with Gasteiger partial charge in [-0.2, -0.15) is 4.31 Å². The highest BCUT2D eigenvalue weighted by atomic mass is 32.2. The molecule has 0 aromatic heterocycles. The Morgan fingerprint density at radius 2 is 1.93 bits per heavy atom. The van der Waals surface area contributed by atoms with E-state index in [1.807, 2.05) is 0 Å². The normalized spacial score (nSPS) is 20.3. The van der Waals surface area contributed by atoms with Crippen LogP contribution in [0, 0.1) is 10.8 Å². The summed E-state index contributed by atoms with van der Waals surface area (Å²) in [5.41, 5.74) is -0.293. The molecule has 0 spiro atoms. The van der Waals surface area contributed by atoms with E-state index >= 15 is 0 Å². The van der Waals surface area contributed by atoms with Gasteiger partial charge in [-0.05, 0) is 23.7 Å². The zero-order valence-corrected chi connectivity index (χ0v) is 17.6. The maximum Gasteiger partial charge on any atom is 0.407 e. The van der Waals surface area contributed by atoms with Crippen molar-refractivity contribution in [3.05, 3.63) is 29.2 Å². The van der Waals surface area contributed by atoms with Crippen LogP contribution in [-0.4, -0.2) is 76.1 Å². The Hall–Kier alpha value is -2.58. The molecule has 1 heterocycles. The summed E-state index contributed by atoms with van der Waals surface area (Å²) >= 11 is 0. The molecule has 1 saturated heterocycles. The van der Waals surface area contributed by atoms with Crippen LogP contribution < -0.4 is 5.32 Å². The Morgan fingerprint density at radius 3 is 2.53 bits per heavy atom. The van der Waals surface area contributed by atoms with E-state index in [0.29, 0.717) is 0 Å². The van der Waals surface area contributed by atoms with E-state index in [2.05, 4.69) is 10.5 Å². The molecule has 0 bridgehead atoms. The van der Waals surface area contributed by atoms with Gasteiger partial charge in [-0.25, -0.2) is 21.6 Å². The van der Waals surface area contributed by atoms with Gasteiger partial charge in [-0.1, -0.05) is 12.1 Å². The summed E-state index contributed by atoms with van der Waals surface area (Å²) in [5.74, 6) is -3.01. The van der Waals surface area contributed by atoms with Gasteiger partial charge in [0.05, 0.1) is 11.7 Å². The largest absolute Gasteiger partial charge is 0.481 e. The number of ether oxygens (including phenoxy) is 1. The fourth-order valence-corrected chi connectivity index (χ4v) is 4.92. The standard InChI is InChI=1S/C16H21N3O9S2/c1-29(24,25)9-8-28-16(22)17-12-6-7-19(10-11(12)15(20)21)30(26,27)14-5-3-2-4-13(14)18-23/h2-5,11-12H,6-10H2,1H3,(H,17,22)(H,20,21)/t11-,12-/m0/s1. The van der Waals surface area contributed by atoms with E-state index in [0.717, 1.165) is 10.6 Å². The third-order valence-electron chi connectivity index (χ3n) is 4.46. The molecule has 1 aromatic rings. The van der Waals surface area contributed by atoms with Gasteiger partial charge in [0.2, 0.25) is 10.0 Å². The first-order valence-electron chi connectivity index (χ1n) is 8.72. The van der Waals surface area contributed by atoms with Gasteiger partial charge in [0.1, 0.15) is 17.2 Å². The topological polar surface area (TPSA) is 177 Å². The molecule has 1 aromatic carbocycles. The monoisotopic (exact) mass is 463 g/mol. The SMILES string of the molecule is CS(=O)(=O)CCOC(=O)N[C@H]1CCN(S(=O)(=O)c2ccccc2N=O)C[C@@H]1C(=O)O. The molecular formula is C16H21N3O9S2.